The molecule has 6 aromatic rings. The molecule has 0 spiro atoms. The lowest BCUT2D eigenvalue weighted by molar-refractivity contribution is -0.617. The van der Waals surface area contributed by atoms with Crippen molar-refractivity contribution < 1.29 is 28.9 Å². The third-order valence-electron chi connectivity index (χ3n) is 10.9. The number of amides is 3. The van der Waals surface area contributed by atoms with Gasteiger partial charge in [0.05, 0.1) is 21.9 Å². The second-order valence-electron chi connectivity index (χ2n) is 14.5. The van der Waals surface area contributed by atoms with Crippen molar-refractivity contribution in [1.82, 2.24) is 24.4 Å². The van der Waals surface area contributed by atoms with E-state index in [0.717, 1.165) is 21.3 Å². The number of nitrogens with one attached hydrogen (secondary N) is 2. The quantitative estimate of drug-likeness (QED) is 0.0804. The molecular formula is C42H47N8O7+. The van der Waals surface area contributed by atoms with Gasteiger partial charge >= 0.3 is 11.7 Å². The third-order valence-corrected chi connectivity index (χ3v) is 10.9. The molecule has 1 unspecified atom stereocenters. The lowest BCUT2D eigenvalue weighted by atomic mass is 9.84. The number of aromatic carboxylic acids is 1. The van der Waals surface area contributed by atoms with Gasteiger partial charge in [0.25, 0.3) is 11.5 Å². The van der Waals surface area contributed by atoms with Gasteiger partial charge in [0.2, 0.25) is 22.8 Å². The van der Waals surface area contributed by atoms with Gasteiger partial charge in [-0.05, 0) is 60.9 Å². The standard InChI is InChI=1S/C42H46N8O7/c1-6-24(21-50-38-37(40(54)49(5)42(50)57)45-31(46-38)16-10-15-30(44)51)17-18-32(52)47-39(53)26-19-29-36(34(27(26)20-43)33-22(2)11-9-12-23(33)3)35(41(55)56)25-13-7-8-14-28(25)48(29)4/h7-9,11-14,19,24H,6,10,15-18,20-21,43H2,1-5H3,(H4-,44,45,46,47,51,52,53,54,55,56)/p+1. The maximum atomic E-state index is 14.2. The summed E-state index contributed by atoms with van der Waals surface area (Å²) in [7, 11) is 3.19. The molecule has 15 heteroatoms. The van der Waals surface area contributed by atoms with Crippen LogP contribution in [-0.4, -0.2) is 47.9 Å². The predicted molar refractivity (Wildman–Crippen MR) is 216 cm³/mol. The molecule has 0 fully saturated rings. The van der Waals surface area contributed by atoms with Crippen molar-refractivity contribution in [3.8, 4) is 11.1 Å². The highest BCUT2D eigenvalue weighted by Crippen LogP contribution is 2.40. The fraction of sp³-hybridized carbons (Fsp3) is 0.333. The molecule has 0 aliphatic heterocycles. The molecule has 57 heavy (non-hydrogen) atoms. The van der Waals surface area contributed by atoms with Crippen molar-refractivity contribution >= 4 is 56.7 Å². The Bertz CT molecular complexity index is 2720. The summed E-state index contributed by atoms with van der Waals surface area (Å²) in [5, 5.41) is 14.2. The molecule has 0 saturated heterocycles. The second-order valence-corrected chi connectivity index (χ2v) is 14.5. The van der Waals surface area contributed by atoms with E-state index in [9.17, 15) is 33.9 Å². The maximum absolute atomic E-state index is 14.2. The minimum atomic E-state index is -1.13. The van der Waals surface area contributed by atoms with Crippen LogP contribution in [0.5, 0.6) is 0 Å². The first-order valence-corrected chi connectivity index (χ1v) is 18.9. The lowest BCUT2D eigenvalue weighted by Crippen LogP contribution is -2.39. The average Bonchev–Trinajstić information content (AvgIpc) is 3.60. The minimum Gasteiger partial charge on any atom is -0.478 e. The number of H-pyrrole nitrogens is 1. The normalized spacial score (nSPS) is 12.0. The molecule has 0 bridgehead atoms. The zero-order valence-corrected chi connectivity index (χ0v) is 32.7. The predicted octanol–water partition coefficient (Wildman–Crippen LogP) is 3.57. The Morgan fingerprint density at radius 3 is 2.35 bits per heavy atom. The maximum Gasteiger partial charge on any atom is 0.337 e. The molecule has 0 aliphatic carbocycles. The first-order valence-electron chi connectivity index (χ1n) is 18.9. The van der Waals surface area contributed by atoms with E-state index in [0.29, 0.717) is 64.4 Å². The van der Waals surface area contributed by atoms with E-state index in [2.05, 4.69) is 15.3 Å². The number of nitrogens with two attached hydrogens (primary N) is 2. The average molecular weight is 776 g/mol. The van der Waals surface area contributed by atoms with E-state index < -0.39 is 34.9 Å². The number of aryl methyl sites for hydroxylation is 4. The number of primary amides is 1. The lowest BCUT2D eigenvalue weighted by Gasteiger charge is -2.21. The number of hydrogen-bond donors (Lipinski definition) is 5. The zero-order valence-electron chi connectivity index (χ0n) is 32.7. The number of carboxylic acids is 1. The van der Waals surface area contributed by atoms with Crippen LogP contribution < -0.4 is 32.6 Å². The summed E-state index contributed by atoms with van der Waals surface area (Å²) in [5.74, 6) is -2.56. The number of fused-ring (bicyclic) bond motifs is 3. The van der Waals surface area contributed by atoms with Crippen LogP contribution in [0.4, 0.5) is 0 Å². The Balaban J connectivity index is 1.34. The number of aromatic nitrogens is 5. The van der Waals surface area contributed by atoms with Crippen LogP contribution in [0.3, 0.4) is 0 Å². The summed E-state index contributed by atoms with van der Waals surface area (Å²) in [6.07, 6.45) is 1.75. The summed E-state index contributed by atoms with van der Waals surface area (Å²) in [6.45, 7) is 5.80. The fourth-order valence-electron chi connectivity index (χ4n) is 7.86. The third kappa shape index (κ3) is 7.57. The number of hydrogen-bond acceptors (Lipinski definition) is 8. The summed E-state index contributed by atoms with van der Waals surface area (Å²) in [5.41, 5.74) is 15.7. The van der Waals surface area contributed by atoms with E-state index >= 15 is 0 Å². The number of carbonyl (C=O) groups excluding carboxylic acids is 3. The van der Waals surface area contributed by atoms with E-state index in [-0.39, 0.29) is 54.1 Å². The van der Waals surface area contributed by atoms with Crippen molar-refractivity contribution in [3.63, 3.8) is 0 Å². The number of para-hydroxylation sites is 1. The summed E-state index contributed by atoms with van der Waals surface area (Å²) in [6, 6.07) is 14.5. The number of carboxylic acid groups (broad SMARTS) is 1. The monoisotopic (exact) mass is 775 g/mol. The molecule has 0 radical (unpaired) electrons. The second kappa shape index (κ2) is 16.3. The highest BCUT2D eigenvalue weighted by molar-refractivity contribution is 6.19. The van der Waals surface area contributed by atoms with Gasteiger partial charge in [-0.2, -0.15) is 4.57 Å². The van der Waals surface area contributed by atoms with Crippen molar-refractivity contribution in [2.24, 2.45) is 31.5 Å². The van der Waals surface area contributed by atoms with Crippen LogP contribution in [0, 0.1) is 19.8 Å². The molecule has 1 atom stereocenters. The summed E-state index contributed by atoms with van der Waals surface area (Å²) in [4.78, 5) is 85.8. The Hall–Kier alpha value is -6.48. The molecule has 0 saturated carbocycles. The number of benzene rings is 3. The van der Waals surface area contributed by atoms with Crippen LogP contribution >= 0.6 is 0 Å². The van der Waals surface area contributed by atoms with Gasteiger partial charge in [0.1, 0.15) is 18.4 Å². The number of nitrogens with zero attached hydrogens (tertiary/aromatic N) is 4. The molecule has 3 amide bonds. The van der Waals surface area contributed by atoms with E-state index in [1.807, 2.05) is 62.7 Å². The van der Waals surface area contributed by atoms with Gasteiger partial charge in [-0.1, -0.05) is 43.7 Å². The molecule has 15 nitrogen and oxygen atoms in total. The van der Waals surface area contributed by atoms with E-state index in [4.69, 9.17) is 11.5 Å². The van der Waals surface area contributed by atoms with E-state index in [1.54, 1.807) is 18.2 Å². The molecule has 296 valence electrons. The molecule has 0 aliphatic rings. The topological polar surface area (TPSA) is 229 Å². The number of carbonyl (C=O) groups is 4. The van der Waals surface area contributed by atoms with Crippen LogP contribution in [0.2, 0.25) is 0 Å². The SMILES string of the molecule is CCC(CCC(=O)NC(=O)c1cc2c(c(-c3c(C)cccc3C)c1CN)c(C(=O)O)c1ccccc1[n+]2C)Cn1c(=O)n(C)c(=O)c2[nH]c(CCCC(N)=O)nc21. The van der Waals surface area contributed by atoms with Crippen LogP contribution in [0.25, 0.3) is 44.1 Å². The Morgan fingerprint density at radius 1 is 1.00 bits per heavy atom. The van der Waals surface area contributed by atoms with Crippen molar-refractivity contribution in [2.45, 2.75) is 72.4 Å². The van der Waals surface area contributed by atoms with Crippen LogP contribution in [-0.2, 0) is 43.2 Å². The zero-order chi connectivity index (χ0) is 41.3. The van der Waals surface area contributed by atoms with Gasteiger partial charge in [-0.25, -0.2) is 14.6 Å². The molecule has 3 aromatic carbocycles. The molecule has 7 N–H and O–H groups in total. The smallest absolute Gasteiger partial charge is 0.337 e. The Kier molecular flexibility index (Phi) is 11.5. The Morgan fingerprint density at radius 2 is 1.70 bits per heavy atom. The number of imidazole rings is 1. The number of imide groups is 1. The first kappa shape index (κ1) is 40.2. The van der Waals surface area contributed by atoms with Crippen molar-refractivity contribution in [3.05, 3.63) is 103 Å². The first-order chi connectivity index (χ1) is 27.2. The Labute approximate surface area is 327 Å². The molecular weight excluding hydrogens is 729 g/mol. The van der Waals surface area contributed by atoms with Gasteiger partial charge in [0, 0.05) is 57.1 Å². The fourth-order valence-corrected chi connectivity index (χ4v) is 7.86. The molecule has 6 rings (SSSR count). The van der Waals surface area contributed by atoms with Gasteiger partial charge < -0.3 is 21.6 Å². The minimum absolute atomic E-state index is 0.0519. The van der Waals surface area contributed by atoms with E-state index in [1.165, 1.54) is 11.6 Å². The highest BCUT2D eigenvalue weighted by atomic mass is 16.4. The molecule has 3 heterocycles. The van der Waals surface area contributed by atoms with Gasteiger partial charge in [0.15, 0.2) is 5.65 Å². The van der Waals surface area contributed by atoms with Crippen LogP contribution in [0.15, 0.2) is 58.1 Å². The van der Waals surface area contributed by atoms with Crippen LogP contribution in [0.1, 0.15) is 82.3 Å². The number of aromatic amines is 1. The van der Waals surface area contributed by atoms with Gasteiger partial charge in [-0.15, -0.1) is 0 Å². The number of pyridine rings is 1. The summed E-state index contributed by atoms with van der Waals surface area (Å²) < 4.78 is 4.26. The molecule has 3 aromatic heterocycles. The summed E-state index contributed by atoms with van der Waals surface area (Å²) >= 11 is 0. The number of rotatable bonds is 14. The van der Waals surface area contributed by atoms with Gasteiger partial charge in [-0.3, -0.25) is 33.6 Å². The largest absolute Gasteiger partial charge is 0.478 e. The van der Waals surface area contributed by atoms with Crippen molar-refractivity contribution in [2.75, 3.05) is 0 Å². The van der Waals surface area contributed by atoms with Crippen molar-refractivity contribution in [1.29, 1.82) is 0 Å². The highest BCUT2D eigenvalue weighted by Gasteiger charge is 2.31.